The van der Waals surface area contributed by atoms with E-state index >= 15 is 0 Å². The lowest BCUT2D eigenvalue weighted by Crippen LogP contribution is -2.02. The van der Waals surface area contributed by atoms with Crippen LogP contribution in [0, 0.1) is 17.0 Å². The summed E-state index contributed by atoms with van der Waals surface area (Å²) in [5.74, 6) is -0.462. The molecule has 0 aromatic heterocycles. The van der Waals surface area contributed by atoms with Crippen LogP contribution >= 0.6 is 0 Å². The Kier molecular flexibility index (Phi) is 8.10. The summed E-state index contributed by atoms with van der Waals surface area (Å²) in [6, 6.07) is 13.0. The van der Waals surface area contributed by atoms with Gasteiger partial charge in [-0.2, -0.15) is 0 Å². The molecule has 0 N–H and O–H groups in total. The first-order valence-electron chi connectivity index (χ1n) is 8.77. The molecule has 0 atom stereocenters. The van der Waals surface area contributed by atoms with Crippen molar-refractivity contribution in [1.29, 1.82) is 0 Å². The van der Waals surface area contributed by atoms with Crippen LogP contribution in [0.4, 0.5) is 8.78 Å². The van der Waals surface area contributed by atoms with Gasteiger partial charge in [0, 0.05) is 5.92 Å². The molecule has 0 fully saturated rings. The summed E-state index contributed by atoms with van der Waals surface area (Å²) in [7, 11) is 0. The quantitative estimate of drug-likeness (QED) is 0.549. The Morgan fingerprint density at radius 1 is 0.833 bits per heavy atom. The van der Waals surface area contributed by atoms with Crippen molar-refractivity contribution in [3.8, 4) is 0 Å². The first-order valence-corrected chi connectivity index (χ1v) is 8.77. The average Bonchev–Trinajstić information content (AvgIpc) is 2.47. The zero-order valence-corrected chi connectivity index (χ0v) is 15.6. The third-order valence-corrected chi connectivity index (χ3v) is 3.91. The molecule has 0 bridgehead atoms. The van der Waals surface area contributed by atoms with E-state index in [2.05, 4.69) is 27.7 Å². The molecule has 2 rings (SSSR count). The number of halogens is 2. The molecule has 0 heterocycles. The summed E-state index contributed by atoms with van der Waals surface area (Å²) in [6.45, 7) is 11.1. The molecule has 0 aliphatic carbocycles. The minimum absolute atomic E-state index is 0.0430. The van der Waals surface area contributed by atoms with E-state index in [1.165, 1.54) is 37.1 Å². The third-order valence-electron chi connectivity index (χ3n) is 3.91. The number of hydrogen-bond donors (Lipinski definition) is 0. The summed E-state index contributed by atoms with van der Waals surface area (Å²) in [4.78, 5) is 0. The molecule has 0 saturated carbocycles. The highest BCUT2D eigenvalue weighted by Crippen LogP contribution is 2.28. The van der Waals surface area contributed by atoms with Gasteiger partial charge >= 0.3 is 0 Å². The lowest BCUT2D eigenvalue weighted by Gasteiger charge is -2.16. The van der Waals surface area contributed by atoms with E-state index in [0.717, 1.165) is 17.5 Å². The first kappa shape index (κ1) is 20.3. The van der Waals surface area contributed by atoms with Crippen molar-refractivity contribution in [2.24, 2.45) is 5.41 Å². The topological polar surface area (TPSA) is 0 Å². The number of rotatable bonds is 4. The maximum Gasteiger partial charge on any atom is 0.123 e. The Morgan fingerprint density at radius 2 is 1.29 bits per heavy atom. The Morgan fingerprint density at radius 3 is 1.54 bits per heavy atom. The Hall–Kier alpha value is -1.70. The molecule has 132 valence electrons. The van der Waals surface area contributed by atoms with Crippen molar-refractivity contribution in [3.63, 3.8) is 0 Å². The van der Waals surface area contributed by atoms with Gasteiger partial charge in [-0.3, -0.25) is 0 Å². The van der Waals surface area contributed by atoms with Crippen LogP contribution in [0.25, 0.3) is 0 Å². The van der Waals surface area contributed by atoms with Crippen LogP contribution in [0.15, 0.2) is 48.5 Å². The van der Waals surface area contributed by atoms with Crippen LogP contribution in [0.1, 0.15) is 70.9 Å². The molecule has 0 saturated heterocycles. The fourth-order valence-corrected chi connectivity index (χ4v) is 2.86. The van der Waals surface area contributed by atoms with E-state index < -0.39 is 0 Å². The normalized spacial score (nSPS) is 11.2. The highest BCUT2D eigenvalue weighted by atomic mass is 19.1. The van der Waals surface area contributed by atoms with Gasteiger partial charge in [0.25, 0.3) is 0 Å². The molecule has 0 spiro atoms. The van der Waals surface area contributed by atoms with E-state index in [0.29, 0.717) is 5.41 Å². The van der Waals surface area contributed by atoms with Crippen molar-refractivity contribution in [1.82, 2.24) is 0 Å². The second-order valence-corrected chi connectivity index (χ2v) is 7.38. The summed E-state index contributed by atoms with van der Waals surface area (Å²) >= 11 is 0. The molecule has 0 amide bonds. The lowest BCUT2D eigenvalue weighted by molar-refractivity contribution is 0.373. The minimum atomic E-state index is -0.252. The highest BCUT2D eigenvalue weighted by molar-refractivity contribution is 5.32. The number of hydrogen-bond acceptors (Lipinski definition) is 0. The second kappa shape index (κ2) is 9.56. The van der Waals surface area contributed by atoms with Gasteiger partial charge < -0.3 is 0 Å². The van der Waals surface area contributed by atoms with Gasteiger partial charge in [-0.15, -0.1) is 0 Å². The van der Waals surface area contributed by atoms with Gasteiger partial charge in [0.05, 0.1) is 0 Å². The SMILES string of the molecule is CCC(c1cccc(F)c1)c1cccc(F)c1.CCCC(C)(C)C. The van der Waals surface area contributed by atoms with E-state index in [1.807, 2.05) is 19.1 Å². The molecule has 2 aromatic rings. The molecule has 0 nitrogen and oxygen atoms in total. The van der Waals surface area contributed by atoms with E-state index in [9.17, 15) is 8.78 Å². The smallest absolute Gasteiger partial charge is 0.123 e. The number of benzene rings is 2. The van der Waals surface area contributed by atoms with Crippen molar-refractivity contribution >= 4 is 0 Å². The molecule has 2 heteroatoms. The third kappa shape index (κ3) is 7.25. The summed E-state index contributed by atoms with van der Waals surface area (Å²) < 4.78 is 26.4. The molecule has 0 aliphatic heterocycles. The monoisotopic (exact) mass is 332 g/mol. The molecular weight excluding hydrogens is 302 g/mol. The van der Waals surface area contributed by atoms with Crippen molar-refractivity contribution in [3.05, 3.63) is 71.3 Å². The van der Waals surface area contributed by atoms with Gasteiger partial charge in [0.2, 0.25) is 0 Å². The van der Waals surface area contributed by atoms with Crippen LogP contribution < -0.4 is 0 Å². The lowest BCUT2D eigenvalue weighted by atomic mass is 9.89. The first-order chi connectivity index (χ1) is 11.3. The molecule has 24 heavy (non-hydrogen) atoms. The summed E-state index contributed by atoms with van der Waals surface area (Å²) in [5.41, 5.74) is 2.32. The van der Waals surface area contributed by atoms with E-state index in [1.54, 1.807) is 12.1 Å². The standard InChI is InChI=1S/C15H14F2.C7H16/c1-2-15(11-5-3-7-13(16)9-11)12-6-4-8-14(17)10-12;1-5-6-7(2,3)4/h3-10,15H,2H2,1H3;5-6H2,1-4H3. The Bertz CT molecular complexity index is 566. The maximum atomic E-state index is 13.2. The van der Waals surface area contributed by atoms with Gasteiger partial charge in [0.15, 0.2) is 0 Å². The molecule has 0 aliphatic rings. The maximum absolute atomic E-state index is 13.2. The Labute approximate surface area is 145 Å². The molecule has 0 radical (unpaired) electrons. The molecule has 0 unspecified atom stereocenters. The van der Waals surface area contributed by atoms with Crippen LogP contribution in [-0.4, -0.2) is 0 Å². The largest absolute Gasteiger partial charge is 0.207 e. The van der Waals surface area contributed by atoms with E-state index in [4.69, 9.17) is 0 Å². The van der Waals surface area contributed by atoms with E-state index in [-0.39, 0.29) is 17.6 Å². The average molecular weight is 332 g/mol. The van der Waals surface area contributed by atoms with Crippen LogP contribution in [0.2, 0.25) is 0 Å². The van der Waals surface area contributed by atoms with Gasteiger partial charge in [-0.05, 0) is 53.6 Å². The van der Waals surface area contributed by atoms with Gasteiger partial charge in [-0.1, -0.05) is 65.3 Å². The highest BCUT2D eigenvalue weighted by Gasteiger charge is 2.13. The Balaban J connectivity index is 0.000000351. The molecule has 2 aromatic carbocycles. The van der Waals surface area contributed by atoms with Crippen molar-refractivity contribution in [2.75, 3.05) is 0 Å². The predicted octanol–water partition coefficient (Wildman–Crippen LogP) is 7.34. The van der Waals surface area contributed by atoms with Gasteiger partial charge in [0.1, 0.15) is 11.6 Å². The van der Waals surface area contributed by atoms with Crippen LogP contribution in [0.3, 0.4) is 0 Å². The fourth-order valence-electron chi connectivity index (χ4n) is 2.86. The summed E-state index contributed by atoms with van der Waals surface area (Å²) in [6.07, 6.45) is 3.46. The molecular formula is C22H30F2. The summed E-state index contributed by atoms with van der Waals surface area (Å²) in [5, 5.41) is 0. The van der Waals surface area contributed by atoms with Crippen molar-refractivity contribution in [2.45, 2.75) is 59.8 Å². The van der Waals surface area contributed by atoms with Crippen LogP contribution in [0.5, 0.6) is 0 Å². The second-order valence-electron chi connectivity index (χ2n) is 7.38. The van der Waals surface area contributed by atoms with Crippen LogP contribution in [-0.2, 0) is 0 Å². The fraction of sp³-hybridized carbons (Fsp3) is 0.455. The minimum Gasteiger partial charge on any atom is -0.207 e. The van der Waals surface area contributed by atoms with Gasteiger partial charge in [-0.25, -0.2) is 8.78 Å². The zero-order chi connectivity index (χ0) is 18.2. The predicted molar refractivity (Wildman–Crippen MR) is 99.3 cm³/mol. The van der Waals surface area contributed by atoms with Crippen molar-refractivity contribution < 1.29 is 8.78 Å². The zero-order valence-electron chi connectivity index (χ0n) is 15.6.